The number of carbonyl (C=O) groups excluding carboxylic acids is 2. The molecule has 1 aromatic rings. The third-order valence-electron chi connectivity index (χ3n) is 1.66. The van der Waals surface area contributed by atoms with Crippen LogP contribution in [0.2, 0.25) is 20.1 Å². The van der Waals surface area contributed by atoms with Crippen molar-refractivity contribution in [1.29, 1.82) is 0 Å². The van der Waals surface area contributed by atoms with Gasteiger partial charge in [-0.1, -0.05) is 46.4 Å². The lowest BCUT2D eigenvalue weighted by Gasteiger charge is -2.10. The Kier molecular flexibility index (Phi) is 4.76. The maximum atomic E-state index is 11.1. The molecule has 8 heteroatoms. The van der Waals surface area contributed by atoms with E-state index in [9.17, 15) is 9.59 Å². The van der Waals surface area contributed by atoms with Gasteiger partial charge < -0.3 is 0 Å². The third-order valence-corrected chi connectivity index (χ3v) is 3.84. The van der Waals surface area contributed by atoms with Crippen LogP contribution in [-0.4, -0.2) is 10.5 Å². The first-order chi connectivity index (χ1) is 7.29. The van der Waals surface area contributed by atoms with Crippen LogP contribution in [0, 0.1) is 0 Å². The molecule has 2 nitrogen and oxygen atoms in total. The molecule has 0 aliphatic rings. The van der Waals surface area contributed by atoms with Crippen molar-refractivity contribution < 1.29 is 9.59 Å². The lowest BCUT2D eigenvalue weighted by Crippen LogP contribution is -2.04. The molecule has 0 heterocycles. The summed E-state index contributed by atoms with van der Waals surface area (Å²) in [6, 6.07) is 0. The fourth-order valence-corrected chi connectivity index (χ4v) is 2.50. The first-order valence-corrected chi connectivity index (χ1v) is 5.81. The van der Waals surface area contributed by atoms with Crippen LogP contribution < -0.4 is 0 Å². The number of hydrogen-bond donors (Lipinski definition) is 0. The highest BCUT2D eigenvalue weighted by molar-refractivity contribution is 6.74. The monoisotopic (exact) mass is 338 g/mol. The molecule has 0 saturated carbocycles. The summed E-state index contributed by atoms with van der Waals surface area (Å²) in [5, 5.41) is -2.87. The highest BCUT2D eigenvalue weighted by atomic mass is 35.5. The summed E-state index contributed by atoms with van der Waals surface area (Å²) in [6.45, 7) is 0. The van der Waals surface area contributed by atoms with Crippen molar-refractivity contribution in [1.82, 2.24) is 0 Å². The fraction of sp³-hybridized carbons (Fsp3) is 0. The Morgan fingerprint density at radius 1 is 0.625 bits per heavy atom. The van der Waals surface area contributed by atoms with E-state index in [0.29, 0.717) is 0 Å². The Morgan fingerprint density at radius 2 is 0.875 bits per heavy atom. The van der Waals surface area contributed by atoms with Gasteiger partial charge in [-0.2, -0.15) is 0 Å². The van der Waals surface area contributed by atoms with Crippen molar-refractivity contribution in [2.75, 3.05) is 0 Å². The molecule has 1 rings (SSSR count). The number of rotatable bonds is 2. The molecule has 0 bridgehead atoms. The predicted octanol–water partition coefficient (Wildman–Crippen LogP) is 5.06. The molecule has 0 spiro atoms. The average Bonchev–Trinajstić information content (AvgIpc) is 2.18. The number of hydrogen-bond acceptors (Lipinski definition) is 2. The van der Waals surface area contributed by atoms with Gasteiger partial charge in [0.1, 0.15) is 0 Å². The largest absolute Gasteiger partial charge is 0.276 e. The van der Waals surface area contributed by atoms with E-state index in [2.05, 4.69) is 0 Å². The molecule has 0 amide bonds. The normalized spacial score (nSPS) is 10.4. The maximum absolute atomic E-state index is 11.1. The lowest BCUT2D eigenvalue weighted by atomic mass is 10.1. The van der Waals surface area contributed by atoms with Crippen molar-refractivity contribution in [3.05, 3.63) is 31.2 Å². The predicted molar refractivity (Wildman–Crippen MR) is 66.8 cm³/mol. The van der Waals surface area contributed by atoms with Crippen LogP contribution in [0.5, 0.6) is 0 Å². The first-order valence-electron chi connectivity index (χ1n) is 3.54. The van der Waals surface area contributed by atoms with Gasteiger partial charge in [0.25, 0.3) is 10.5 Å². The molecule has 86 valence electrons. The first kappa shape index (κ1) is 14.4. The van der Waals surface area contributed by atoms with Crippen molar-refractivity contribution >= 4 is 80.1 Å². The molecule has 0 aromatic heterocycles. The van der Waals surface area contributed by atoms with Gasteiger partial charge in [0.15, 0.2) is 0 Å². The topological polar surface area (TPSA) is 34.1 Å². The van der Waals surface area contributed by atoms with Gasteiger partial charge in [-0.25, -0.2) is 0 Å². The minimum absolute atomic E-state index is 0.168. The zero-order valence-electron chi connectivity index (χ0n) is 7.08. The summed E-state index contributed by atoms with van der Waals surface area (Å²) in [7, 11) is 0. The molecule has 1 aromatic carbocycles. The standard InChI is InChI=1S/C8Cl6O2/c9-3-1(7(13)15)2(8(14)16)4(10)6(12)5(3)11. The van der Waals surface area contributed by atoms with Gasteiger partial charge in [0, 0.05) is 0 Å². The number of halogens is 6. The van der Waals surface area contributed by atoms with Gasteiger partial charge in [-0.15, -0.1) is 0 Å². The maximum Gasteiger partial charge on any atom is 0.254 e. The Labute approximate surface area is 120 Å². The Hall–Kier alpha value is 0.300. The van der Waals surface area contributed by atoms with Crippen molar-refractivity contribution in [2.24, 2.45) is 0 Å². The average molecular weight is 341 g/mol. The number of benzene rings is 1. The SMILES string of the molecule is O=C(Cl)c1c(Cl)c(Cl)c(Cl)c(Cl)c1C(=O)Cl. The molecule has 0 radical (unpaired) electrons. The Balaban J connectivity index is 3.83. The molecular formula is C8Cl6O2. The molecule has 0 aliphatic carbocycles. The highest BCUT2D eigenvalue weighted by Gasteiger charge is 2.27. The van der Waals surface area contributed by atoms with E-state index in [-0.39, 0.29) is 31.2 Å². The molecule has 0 fully saturated rings. The summed E-state index contributed by atoms with van der Waals surface area (Å²) < 4.78 is 0. The molecule has 0 unspecified atom stereocenters. The third kappa shape index (κ3) is 2.42. The zero-order chi connectivity index (χ0) is 12.6. The van der Waals surface area contributed by atoms with Crippen LogP contribution in [0.4, 0.5) is 0 Å². The number of carbonyl (C=O) groups is 2. The van der Waals surface area contributed by atoms with Crippen LogP contribution in [-0.2, 0) is 0 Å². The molecule has 0 atom stereocenters. The van der Waals surface area contributed by atoms with Gasteiger partial charge in [-0.3, -0.25) is 9.59 Å². The van der Waals surface area contributed by atoms with E-state index in [0.717, 1.165) is 0 Å². The quantitative estimate of drug-likeness (QED) is 0.428. The van der Waals surface area contributed by atoms with Gasteiger partial charge in [0.2, 0.25) is 0 Å². The summed E-state index contributed by atoms with van der Waals surface area (Å²) in [4.78, 5) is 22.2. The molecule has 16 heavy (non-hydrogen) atoms. The van der Waals surface area contributed by atoms with Crippen molar-refractivity contribution in [3.63, 3.8) is 0 Å². The van der Waals surface area contributed by atoms with Crippen LogP contribution >= 0.6 is 69.6 Å². The van der Waals surface area contributed by atoms with E-state index in [1.807, 2.05) is 0 Å². The summed E-state index contributed by atoms with van der Waals surface area (Å²) in [5.41, 5.74) is -0.717. The second kappa shape index (κ2) is 5.30. The van der Waals surface area contributed by atoms with Crippen LogP contribution in [0.1, 0.15) is 20.7 Å². The zero-order valence-corrected chi connectivity index (χ0v) is 11.6. The lowest BCUT2D eigenvalue weighted by molar-refractivity contribution is 0.105. The highest BCUT2D eigenvalue weighted by Crippen LogP contribution is 2.42. The van der Waals surface area contributed by atoms with Gasteiger partial charge in [0.05, 0.1) is 31.2 Å². The molecule has 0 aliphatic heterocycles. The van der Waals surface area contributed by atoms with Crippen LogP contribution in [0.15, 0.2) is 0 Å². The van der Waals surface area contributed by atoms with Gasteiger partial charge >= 0.3 is 0 Å². The Bertz CT molecular complexity index is 451. The smallest absolute Gasteiger partial charge is 0.254 e. The second-order valence-electron chi connectivity index (χ2n) is 2.55. The minimum atomic E-state index is -1.01. The van der Waals surface area contributed by atoms with Gasteiger partial charge in [-0.05, 0) is 23.2 Å². The molecule has 0 saturated heterocycles. The molecular weight excluding hydrogens is 341 g/mol. The van der Waals surface area contributed by atoms with E-state index in [1.54, 1.807) is 0 Å². The second-order valence-corrected chi connectivity index (χ2v) is 4.75. The van der Waals surface area contributed by atoms with E-state index in [1.165, 1.54) is 0 Å². The molecule has 0 N–H and O–H groups in total. The van der Waals surface area contributed by atoms with Crippen LogP contribution in [0.3, 0.4) is 0 Å². The van der Waals surface area contributed by atoms with Crippen molar-refractivity contribution in [3.8, 4) is 0 Å². The summed E-state index contributed by atoms with van der Waals surface area (Å²) in [5.74, 6) is 0. The van der Waals surface area contributed by atoms with E-state index >= 15 is 0 Å². The summed E-state index contributed by atoms with van der Waals surface area (Å²) in [6.07, 6.45) is 0. The Morgan fingerprint density at radius 3 is 1.06 bits per heavy atom. The summed E-state index contributed by atoms with van der Waals surface area (Å²) >= 11 is 33.4. The fourth-order valence-electron chi connectivity index (χ4n) is 1.00. The van der Waals surface area contributed by atoms with E-state index < -0.39 is 10.5 Å². The minimum Gasteiger partial charge on any atom is -0.276 e. The van der Waals surface area contributed by atoms with E-state index in [4.69, 9.17) is 69.6 Å². The van der Waals surface area contributed by atoms with Crippen LogP contribution in [0.25, 0.3) is 0 Å². The van der Waals surface area contributed by atoms with Crippen molar-refractivity contribution in [2.45, 2.75) is 0 Å².